The maximum Gasteiger partial charge on any atom is 0.119 e. The van der Waals surface area contributed by atoms with Crippen molar-refractivity contribution in [3.05, 3.63) is 29.3 Å². The Bertz CT molecular complexity index is 488. The molecule has 3 rings (SSSR count). The third-order valence-corrected chi connectivity index (χ3v) is 5.33. The zero-order valence-electron chi connectivity index (χ0n) is 13.6. The summed E-state index contributed by atoms with van der Waals surface area (Å²) in [7, 11) is 3.84. The van der Waals surface area contributed by atoms with Gasteiger partial charge in [0.05, 0.1) is 7.11 Å². The first kappa shape index (κ1) is 14.9. The summed E-state index contributed by atoms with van der Waals surface area (Å²) in [4.78, 5) is 2.72. The van der Waals surface area contributed by atoms with Crippen LogP contribution in [0.3, 0.4) is 0 Å². The highest BCUT2D eigenvalue weighted by Crippen LogP contribution is 2.37. The minimum Gasteiger partial charge on any atom is -0.497 e. The number of hydrogen-bond acceptors (Lipinski definition) is 3. The van der Waals surface area contributed by atoms with Crippen molar-refractivity contribution in [3.8, 4) is 5.75 Å². The van der Waals surface area contributed by atoms with Gasteiger partial charge in [0.2, 0.25) is 0 Å². The highest BCUT2D eigenvalue weighted by atomic mass is 16.5. The lowest BCUT2D eigenvalue weighted by Gasteiger charge is -2.32. The molecule has 3 atom stereocenters. The van der Waals surface area contributed by atoms with Crippen LogP contribution in [0.4, 0.5) is 0 Å². The van der Waals surface area contributed by atoms with Crippen molar-refractivity contribution in [2.45, 2.75) is 44.7 Å². The second kappa shape index (κ2) is 6.37. The number of benzene rings is 1. The molecule has 1 saturated heterocycles. The summed E-state index contributed by atoms with van der Waals surface area (Å²) >= 11 is 0. The van der Waals surface area contributed by atoms with E-state index in [0.29, 0.717) is 12.1 Å². The largest absolute Gasteiger partial charge is 0.497 e. The van der Waals surface area contributed by atoms with Gasteiger partial charge >= 0.3 is 0 Å². The Labute approximate surface area is 128 Å². The Morgan fingerprint density at radius 1 is 1.24 bits per heavy atom. The number of rotatable bonds is 3. The van der Waals surface area contributed by atoms with E-state index in [9.17, 15) is 0 Å². The van der Waals surface area contributed by atoms with Gasteiger partial charge in [-0.25, -0.2) is 0 Å². The standard InChI is InChI=1S/C18H28N2O/c1-13-5-4-9-20(10-8-13)17-11-14-6-7-15(21-3)12-16(14)18(17)19-2/h6-7,12-13,17-19H,4-5,8-11H2,1-3H3. The molecule has 1 N–H and O–H groups in total. The van der Waals surface area contributed by atoms with E-state index in [4.69, 9.17) is 4.74 Å². The number of fused-ring (bicyclic) bond motifs is 1. The Kier molecular flexibility index (Phi) is 4.51. The Morgan fingerprint density at radius 3 is 2.86 bits per heavy atom. The third kappa shape index (κ3) is 2.95. The van der Waals surface area contributed by atoms with Gasteiger partial charge < -0.3 is 10.1 Å². The average Bonchev–Trinajstić information content (AvgIpc) is 2.73. The highest BCUT2D eigenvalue weighted by molar-refractivity contribution is 5.42. The zero-order chi connectivity index (χ0) is 14.8. The lowest BCUT2D eigenvalue weighted by atomic mass is 10.0. The molecule has 1 aliphatic carbocycles. The van der Waals surface area contributed by atoms with Gasteiger partial charge in [-0.2, -0.15) is 0 Å². The van der Waals surface area contributed by atoms with Crippen LogP contribution in [0, 0.1) is 5.92 Å². The average molecular weight is 288 g/mol. The molecular formula is C18H28N2O. The molecule has 3 heteroatoms. The minimum atomic E-state index is 0.434. The van der Waals surface area contributed by atoms with Crippen molar-refractivity contribution in [1.82, 2.24) is 10.2 Å². The second-order valence-corrected chi connectivity index (χ2v) is 6.67. The predicted octanol–water partition coefficient (Wildman–Crippen LogP) is 3.00. The van der Waals surface area contributed by atoms with Crippen molar-refractivity contribution in [3.63, 3.8) is 0 Å². The number of nitrogens with zero attached hydrogens (tertiary/aromatic N) is 1. The van der Waals surface area contributed by atoms with E-state index in [-0.39, 0.29) is 0 Å². The molecule has 3 nitrogen and oxygen atoms in total. The number of ether oxygens (including phenoxy) is 1. The smallest absolute Gasteiger partial charge is 0.119 e. The van der Waals surface area contributed by atoms with E-state index in [2.05, 4.69) is 42.4 Å². The van der Waals surface area contributed by atoms with Crippen molar-refractivity contribution in [1.29, 1.82) is 0 Å². The van der Waals surface area contributed by atoms with Gasteiger partial charge in [0, 0.05) is 12.1 Å². The summed E-state index contributed by atoms with van der Waals surface area (Å²) < 4.78 is 5.41. The molecule has 116 valence electrons. The Hall–Kier alpha value is -1.06. The molecule has 0 saturated carbocycles. The topological polar surface area (TPSA) is 24.5 Å². The van der Waals surface area contributed by atoms with Crippen molar-refractivity contribution in [2.24, 2.45) is 5.92 Å². The van der Waals surface area contributed by atoms with Gasteiger partial charge in [0.1, 0.15) is 5.75 Å². The fourth-order valence-electron chi connectivity index (χ4n) is 4.03. The van der Waals surface area contributed by atoms with Gasteiger partial charge in [-0.15, -0.1) is 0 Å². The van der Waals surface area contributed by atoms with E-state index in [1.54, 1.807) is 7.11 Å². The lowest BCUT2D eigenvalue weighted by molar-refractivity contribution is 0.174. The van der Waals surface area contributed by atoms with Crippen LogP contribution in [0.5, 0.6) is 5.75 Å². The van der Waals surface area contributed by atoms with Gasteiger partial charge in [0.25, 0.3) is 0 Å². The fourth-order valence-corrected chi connectivity index (χ4v) is 4.03. The van der Waals surface area contributed by atoms with Crippen LogP contribution in [0.2, 0.25) is 0 Å². The molecule has 0 radical (unpaired) electrons. The summed E-state index contributed by atoms with van der Waals surface area (Å²) in [5.74, 6) is 1.85. The molecule has 3 unspecified atom stereocenters. The number of methoxy groups -OCH3 is 1. The monoisotopic (exact) mass is 288 g/mol. The Balaban J connectivity index is 1.81. The summed E-state index contributed by atoms with van der Waals surface area (Å²) in [5.41, 5.74) is 2.91. The van der Waals surface area contributed by atoms with E-state index in [1.165, 1.54) is 49.9 Å². The molecule has 1 fully saturated rings. The maximum absolute atomic E-state index is 5.41. The first-order valence-electron chi connectivity index (χ1n) is 8.31. The molecule has 0 spiro atoms. The van der Waals surface area contributed by atoms with E-state index < -0.39 is 0 Å². The SMILES string of the molecule is CNC1c2cc(OC)ccc2CC1N1CCCC(C)CC1. The molecule has 1 aromatic carbocycles. The van der Waals surface area contributed by atoms with Crippen molar-refractivity contribution >= 4 is 0 Å². The fraction of sp³-hybridized carbons (Fsp3) is 0.667. The minimum absolute atomic E-state index is 0.434. The zero-order valence-corrected chi connectivity index (χ0v) is 13.6. The van der Waals surface area contributed by atoms with Gasteiger partial charge in [-0.1, -0.05) is 13.0 Å². The highest BCUT2D eigenvalue weighted by Gasteiger charge is 2.36. The molecule has 1 heterocycles. The number of likely N-dealkylation sites (N-methyl/N-ethyl adjacent to an activating group) is 1. The molecular weight excluding hydrogens is 260 g/mol. The van der Waals surface area contributed by atoms with Gasteiger partial charge in [0.15, 0.2) is 0 Å². The van der Waals surface area contributed by atoms with Gasteiger partial charge in [-0.05, 0) is 75.0 Å². The quantitative estimate of drug-likeness (QED) is 0.925. The van der Waals surface area contributed by atoms with Crippen LogP contribution in [-0.2, 0) is 6.42 Å². The molecule has 1 aromatic rings. The molecule has 0 aromatic heterocycles. The lowest BCUT2D eigenvalue weighted by Crippen LogP contribution is -2.42. The van der Waals surface area contributed by atoms with Crippen LogP contribution < -0.4 is 10.1 Å². The third-order valence-electron chi connectivity index (χ3n) is 5.33. The predicted molar refractivity (Wildman–Crippen MR) is 86.9 cm³/mol. The first-order chi connectivity index (χ1) is 10.2. The normalized spacial score (nSPS) is 30.0. The summed E-state index contributed by atoms with van der Waals surface area (Å²) in [6.45, 7) is 4.89. The molecule has 1 aliphatic heterocycles. The van der Waals surface area contributed by atoms with Crippen LogP contribution in [0.25, 0.3) is 0 Å². The van der Waals surface area contributed by atoms with E-state index in [0.717, 1.165) is 11.7 Å². The van der Waals surface area contributed by atoms with Crippen LogP contribution in [-0.4, -0.2) is 38.2 Å². The molecule has 21 heavy (non-hydrogen) atoms. The van der Waals surface area contributed by atoms with E-state index in [1.807, 2.05) is 0 Å². The number of likely N-dealkylation sites (tertiary alicyclic amines) is 1. The van der Waals surface area contributed by atoms with Gasteiger partial charge in [-0.3, -0.25) is 4.90 Å². The van der Waals surface area contributed by atoms with Crippen LogP contribution in [0.15, 0.2) is 18.2 Å². The molecule has 0 bridgehead atoms. The first-order valence-corrected chi connectivity index (χ1v) is 8.31. The summed E-state index contributed by atoms with van der Waals surface area (Å²) in [5, 5.41) is 3.55. The Morgan fingerprint density at radius 2 is 2.10 bits per heavy atom. The maximum atomic E-state index is 5.41. The van der Waals surface area contributed by atoms with Crippen LogP contribution >= 0.6 is 0 Å². The number of hydrogen-bond donors (Lipinski definition) is 1. The van der Waals surface area contributed by atoms with Crippen LogP contribution in [0.1, 0.15) is 43.4 Å². The second-order valence-electron chi connectivity index (χ2n) is 6.67. The molecule has 0 amide bonds. The van der Waals surface area contributed by atoms with Crippen molar-refractivity contribution in [2.75, 3.05) is 27.2 Å². The molecule has 2 aliphatic rings. The van der Waals surface area contributed by atoms with E-state index >= 15 is 0 Å². The number of nitrogens with one attached hydrogen (secondary N) is 1. The summed E-state index contributed by atoms with van der Waals surface area (Å²) in [6.07, 6.45) is 5.23. The van der Waals surface area contributed by atoms with Crippen molar-refractivity contribution < 1.29 is 4.74 Å². The summed E-state index contributed by atoms with van der Waals surface area (Å²) in [6, 6.07) is 7.60.